The zero-order valence-corrected chi connectivity index (χ0v) is 14.2. The Balaban J connectivity index is 2.21. The zero-order valence-electron chi connectivity index (χ0n) is 13.4. The number of rotatable bonds is 7. The molecular weight excluding hydrogens is 314 g/mol. The number of thioether (sulfide) groups is 1. The summed E-state index contributed by atoms with van der Waals surface area (Å²) in [7, 11) is 3.16. The third kappa shape index (κ3) is 4.03. The van der Waals surface area contributed by atoms with Gasteiger partial charge in [-0.2, -0.15) is 0 Å². The van der Waals surface area contributed by atoms with Crippen molar-refractivity contribution in [2.75, 3.05) is 32.8 Å². The summed E-state index contributed by atoms with van der Waals surface area (Å²) in [6, 6.07) is 10.8. The minimum absolute atomic E-state index is 0.0618. The van der Waals surface area contributed by atoms with Gasteiger partial charge in [-0.15, -0.1) is 11.8 Å². The van der Waals surface area contributed by atoms with Crippen LogP contribution in [0.4, 0.5) is 5.69 Å². The second kappa shape index (κ2) is 7.99. The zero-order chi connectivity index (χ0) is 16.8. The second-order valence-corrected chi connectivity index (χ2v) is 5.66. The number of hydrogen-bond donors (Lipinski definition) is 2. The van der Waals surface area contributed by atoms with Crippen molar-refractivity contribution in [1.82, 2.24) is 0 Å². The average molecular weight is 335 g/mol. The number of aliphatic hydroxyl groups excluding tert-OH is 1. The monoisotopic (exact) mass is 335 g/mol. The molecule has 0 aromatic heterocycles. The molecule has 1 unspecified atom stereocenters. The predicted octanol–water partition coefficient (Wildman–Crippen LogP) is 3.12. The number of hydrogen-bond acceptors (Lipinski definition) is 6. The third-order valence-corrected chi connectivity index (χ3v) is 4.17. The van der Waals surface area contributed by atoms with Crippen molar-refractivity contribution >= 4 is 17.4 Å². The van der Waals surface area contributed by atoms with E-state index >= 15 is 0 Å². The fourth-order valence-electron chi connectivity index (χ4n) is 2.18. The van der Waals surface area contributed by atoms with Crippen molar-refractivity contribution in [3.05, 3.63) is 42.0 Å². The molecule has 1 atom stereocenters. The Bertz CT molecular complexity index is 663. The summed E-state index contributed by atoms with van der Waals surface area (Å²) in [6.07, 6.45) is 1.09. The molecule has 0 saturated heterocycles. The summed E-state index contributed by atoms with van der Waals surface area (Å²) in [5.74, 6) is 1.82. The molecule has 23 heavy (non-hydrogen) atoms. The van der Waals surface area contributed by atoms with Crippen molar-refractivity contribution in [1.29, 1.82) is 0 Å². The van der Waals surface area contributed by atoms with Gasteiger partial charge in [0, 0.05) is 5.56 Å². The largest absolute Gasteiger partial charge is 0.496 e. The Morgan fingerprint density at radius 2 is 1.78 bits per heavy atom. The van der Waals surface area contributed by atoms with Gasteiger partial charge >= 0.3 is 0 Å². The third-order valence-electron chi connectivity index (χ3n) is 3.41. The Hall–Kier alpha value is -2.05. The summed E-state index contributed by atoms with van der Waals surface area (Å²) in [6.45, 7) is 0.0618. The quantitative estimate of drug-likeness (QED) is 0.598. The van der Waals surface area contributed by atoms with Crippen molar-refractivity contribution in [3.8, 4) is 17.2 Å². The lowest BCUT2D eigenvalue weighted by Crippen LogP contribution is -2.12. The van der Waals surface area contributed by atoms with E-state index in [0.717, 1.165) is 4.90 Å². The van der Waals surface area contributed by atoms with Crippen LogP contribution < -0.4 is 19.9 Å². The highest BCUT2D eigenvalue weighted by molar-refractivity contribution is 7.98. The van der Waals surface area contributed by atoms with E-state index in [9.17, 15) is 5.11 Å². The van der Waals surface area contributed by atoms with E-state index in [1.54, 1.807) is 44.2 Å². The van der Waals surface area contributed by atoms with E-state index in [-0.39, 0.29) is 6.61 Å². The van der Waals surface area contributed by atoms with Crippen LogP contribution in [-0.4, -0.2) is 32.2 Å². The van der Waals surface area contributed by atoms with Gasteiger partial charge in [0.25, 0.3) is 0 Å². The molecule has 0 bridgehead atoms. The lowest BCUT2D eigenvalue weighted by molar-refractivity contribution is 0.106. The van der Waals surface area contributed by atoms with E-state index in [1.807, 2.05) is 24.5 Å². The molecule has 0 aliphatic rings. The molecule has 2 rings (SSSR count). The SMILES string of the molecule is COc1cc(C(O)COc2ccccc2N)c(OC)cc1SC. The summed E-state index contributed by atoms with van der Waals surface area (Å²) in [5, 5.41) is 10.5. The van der Waals surface area contributed by atoms with Gasteiger partial charge in [0.15, 0.2) is 0 Å². The number of methoxy groups -OCH3 is 2. The van der Waals surface area contributed by atoms with Crippen LogP contribution in [0, 0.1) is 0 Å². The van der Waals surface area contributed by atoms with E-state index in [1.165, 1.54) is 0 Å². The first-order valence-corrected chi connectivity index (χ1v) is 8.28. The molecule has 5 nitrogen and oxygen atoms in total. The molecule has 0 radical (unpaired) electrons. The van der Waals surface area contributed by atoms with Gasteiger partial charge in [0.1, 0.15) is 30.0 Å². The molecule has 6 heteroatoms. The predicted molar refractivity (Wildman–Crippen MR) is 92.6 cm³/mol. The number of nitrogens with two attached hydrogens (primary N) is 1. The van der Waals surface area contributed by atoms with Crippen molar-refractivity contribution in [2.24, 2.45) is 0 Å². The Kier molecular flexibility index (Phi) is 6.01. The van der Waals surface area contributed by atoms with E-state index < -0.39 is 6.10 Å². The maximum Gasteiger partial charge on any atom is 0.142 e. The summed E-state index contributed by atoms with van der Waals surface area (Å²) in [5.41, 5.74) is 6.97. The lowest BCUT2D eigenvalue weighted by atomic mass is 10.1. The summed E-state index contributed by atoms with van der Waals surface area (Å²) < 4.78 is 16.3. The van der Waals surface area contributed by atoms with Crippen molar-refractivity contribution in [2.45, 2.75) is 11.0 Å². The molecular formula is C17H21NO4S. The lowest BCUT2D eigenvalue weighted by Gasteiger charge is -2.18. The fraction of sp³-hybridized carbons (Fsp3) is 0.294. The second-order valence-electron chi connectivity index (χ2n) is 4.81. The van der Waals surface area contributed by atoms with Crippen LogP contribution in [0.1, 0.15) is 11.7 Å². The van der Waals surface area contributed by atoms with Crippen LogP contribution in [0.2, 0.25) is 0 Å². The van der Waals surface area contributed by atoms with Gasteiger partial charge in [-0.05, 0) is 30.5 Å². The van der Waals surface area contributed by atoms with Crippen molar-refractivity contribution in [3.63, 3.8) is 0 Å². The van der Waals surface area contributed by atoms with Crippen LogP contribution in [0.15, 0.2) is 41.3 Å². The first-order chi connectivity index (χ1) is 11.1. The number of nitrogen functional groups attached to an aromatic ring is 1. The molecule has 0 saturated carbocycles. The van der Waals surface area contributed by atoms with Crippen LogP contribution in [0.5, 0.6) is 17.2 Å². The minimum atomic E-state index is -0.866. The van der Waals surface area contributed by atoms with Gasteiger partial charge in [-0.1, -0.05) is 12.1 Å². The molecule has 0 aliphatic heterocycles. The molecule has 0 spiro atoms. The van der Waals surface area contributed by atoms with E-state index in [2.05, 4.69) is 0 Å². The number of benzene rings is 2. The average Bonchev–Trinajstić information content (AvgIpc) is 2.59. The Morgan fingerprint density at radius 3 is 2.39 bits per heavy atom. The maximum atomic E-state index is 10.5. The number of anilines is 1. The topological polar surface area (TPSA) is 73.9 Å². The van der Waals surface area contributed by atoms with Gasteiger partial charge in [0.05, 0.1) is 24.8 Å². The number of ether oxygens (including phenoxy) is 3. The molecule has 0 heterocycles. The van der Waals surface area contributed by atoms with E-state index in [0.29, 0.717) is 28.5 Å². The van der Waals surface area contributed by atoms with Crippen LogP contribution in [-0.2, 0) is 0 Å². The van der Waals surface area contributed by atoms with Crippen LogP contribution >= 0.6 is 11.8 Å². The molecule has 124 valence electrons. The molecule has 0 amide bonds. The van der Waals surface area contributed by atoms with Gasteiger partial charge < -0.3 is 25.1 Å². The highest BCUT2D eigenvalue weighted by atomic mass is 32.2. The molecule has 0 fully saturated rings. The Labute approximate surface area is 140 Å². The first-order valence-electron chi connectivity index (χ1n) is 7.06. The number of para-hydroxylation sites is 2. The van der Waals surface area contributed by atoms with E-state index in [4.69, 9.17) is 19.9 Å². The van der Waals surface area contributed by atoms with Gasteiger partial charge in [-0.3, -0.25) is 0 Å². The Morgan fingerprint density at radius 1 is 1.09 bits per heavy atom. The highest BCUT2D eigenvalue weighted by Crippen LogP contribution is 2.37. The van der Waals surface area contributed by atoms with Crippen LogP contribution in [0.25, 0.3) is 0 Å². The maximum absolute atomic E-state index is 10.5. The summed E-state index contributed by atoms with van der Waals surface area (Å²) in [4.78, 5) is 0.938. The summed E-state index contributed by atoms with van der Waals surface area (Å²) >= 11 is 1.55. The fourth-order valence-corrected chi connectivity index (χ4v) is 2.75. The van der Waals surface area contributed by atoms with Crippen molar-refractivity contribution < 1.29 is 19.3 Å². The molecule has 3 N–H and O–H groups in total. The first kappa shape index (κ1) is 17.3. The van der Waals surface area contributed by atoms with Crippen LogP contribution in [0.3, 0.4) is 0 Å². The molecule has 2 aromatic rings. The smallest absolute Gasteiger partial charge is 0.142 e. The van der Waals surface area contributed by atoms with Gasteiger partial charge in [-0.25, -0.2) is 0 Å². The highest BCUT2D eigenvalue weighted by Gasteiger charge is 2.18. The molecule has 2 aromatic carbocycles. The number of aliphatic hydroxyl groups is 1. The van der Waals surface area contributed by atoms with Gasteiger partial charge in [0.2, 0.25) is 0 Å². The standard InChI is InChI=1S/C17H21NO4S/c1-20-15-9-17(23-3)16(21-2)8-11(15)13(19)10-22-14-7-5-4-6-12(14)18/h4-9,13,19H,10,18H2,1-3H3. The normalized spacial score (nSPS) is 11.8. The molecule has 0 aliphatic carbocycles. The minimum Gasteiger partial charge on any atom is -0.496 e.